The Labute approximate surface area is 139 Å². The topological polar surface area (TPSA) is 17.3 Å². The number of imidazole rings is 1. The molecule has 2 aromatic heterocycles. The summed E-state index contributed by atoms with van der Waals surface area (Å²) in [5.41, 5.74) is 7.87. The molecule has 5 aromatic rings. The molecule has 2 heteroatoms. The molecule has 0 fully saturated rings. The van der Waals surface area contributed by atoms with Crippen molar-refractivity contribution >= 4 is 27.3 Å². The Bertz CT molecular complexity index is 1280. The molecule has 0 saturated heterocycles. The summed E-state index contributed by atoms with van der Waals surface area (Å²) >= 11 is 0. The Kier molecular flexibility index (Phi) is 2.17. The van der Waals surface area contributed by atoms with Crippen LogP contribution in [0.25, 0.3) is 38.4 Å². The van der Waals surface area contributed by atoms with Crippen LogP contribution in [0.4, 0.5) is 0 Å². The van der Waals surface area contributed by atoms with Gasteiger partial charge in [0.25, 0.3) is 0 Å². The predicted octanol–water partition coefficient (Wildman–Crippen LogP) is 5.21. The number of hydrogen-bond acceptors (Lipinski definition) is 1. The molecule has 0 N–H and O–H groups in total. The van der Waals surface area contributed by atoms with Gasteiger partial charge in [0, 0.05) is 28.6 Å². The van der Waals surface area contributed by atoms with Crippen LogP contribution in [0.15, 0.2) is 73.1 Å². The van der Waals surface area contributed by atoms with Gasteiger partial charge < -0.3 is 0 Å². The van der Waals surface area contributed by atoms with Gasteiger partial charge in [-0.15, -0.1) is 0 Å². The third-order valence-corrected chi connectivity index (χ3v) is 5.27. The second kappa shape index (κ2) is 4.24. The van der Waals surface area contributed by atoms with E-state index in [2.05, 4.69) is 76.2 Å². The smallest absolute Gasteiger partial charge is 0.145 e. The van der Waals surface area contributed by atoms with Gasteiger partial charge in [0.05, 0.1) is 5.52 Å². The molecule has 0 bridgehead atoms. The molecular formula is C22H14N2. The van der Waals surface area contributed by atoms with Crippen molar-refractivity contribution in [3.63, 3.8) is 0 Å². The zero-order valence-electron chi connectivity index (χ0n) is 13.0. The van der Waals surface area contributed by atoms with Gasteiger partial charge in [-0.3, -0.25) is 4.40 Å². The summed E-state index contributed by atoms with van der Waals surface area (Å²) in [7, 11) is 0. The number of aromatic nitrogens is 2. The summed E-state index contributed by atoms with van der Waals surface area (Å²) in [4.78, 5) is 4.64. The lowest BCUT2D eigenvalue weighted by molar-refractivity contribution is 1.26. The van der Waals surface area contributed by atoms with Gasteiger partial charge in [-0.2, -0.15) is 0 Å². The molecule has 2 nitrogen and oxygen atoms in total. The SMILES string of the molecule is c1ccc2c(c1)Cc1ccc3c(c1-2)c1ccccc1n1ccnc31. The normalized spacial score (nSPS) is 12.8. The third kappa shape index (κ3) is 1.39. The summed E-state index contributed by atoms with van der Waals surface area (Å²) < 4.78 is 2.20. The van der Waals surface area contributed by atoms with Crippen LogP contribution >= 0.6 is 0 Å². The van der Waals surface area contributed by atoms with Gasteiger partial charge in [0.1, 0.15) is 5.65 Å². The monoisotopic (exact) mass is 306 g/mol. The Morgan fingerprint density at radius 3 is 2.67 bits per heavy atom. The first-order valence-corrected chi connectivity index (χ1v) is 8.29. The second-order valence-electron chi connectivity index (χ2n) is 6.49. The molecule has 0 amide bonds. The average Bonchev–Trinajstić information content (AvgIpc) is 3.26. The van der Waals surface area contributed by atoms with Crippen LogP contribution in [-0.4, -0.2) is 9.38 Å². The average molecular weight is 306 g/mol. The van der Waals surface area contributed by atoms with Gasteiger partial charge in [-0.25, -0.2) is 4.98 Å². The summed E-state index contributed by atoms with van der Waals surface area (Å²) in [6, 6.07) is 22.0. The molecule has 0 radical (unpaired) electrons. The summed E-state index contributed by atoms with van der Waals surface area (Å²) in [6.45, 7) is 0. The molecular weight excluding hydrogens is 292 g/mol. The Morgan fingerprint density at radius 1 is 0.792 bits per heavy atom. The number of pyridine rings is 1. The first-order chi connectivity index (χ1) is 11.9. The Morgan fingerprint density at radius 2 is 1.67 bits per heavy atom. The first kappa shape index (κ1) is 12.3. The number of rotatable bonds is 0. The predicted molar refractivity (Wildman–Crippen MR) is 98.4 cm³/mol. The molecule has 0 atom stereocenters. The molecule has 6 rings (SSSR count). The van der Waals surface area contributed by atoms with E-state index in [0.29, 0.717) is 0 Å². The first-order valence-electron chi connectivity index (χ1n) is 8.29. The molecule has 0 saturated carbocycles. The van der Waals surface area contributed by atoms with Crippen LogP contribution in [0.1, 0.15) is 11.1 Å². The number of hydrogen-bond donors (Lipinski definition) is 0. The molecule has 0 spiro atoms. The highest BCUT2D eigenvalue weighted by atomic mass is 15.0. The Hall–Kier alpha value is -3.13. The van der Waals surface area contributed by atoms with Crippen LogP contribution in [-0.2, 0) is 6.42 Å². The Balaban J connectivity index is 1.95. The lowest BCUT2D eigenvalue weighted by Crippen LogP contribution is -1.92. The van der Waals surface area contributed by atoms with E-state index in [4.69, 9.17) is 0 Å². The van der Waals surface area contributed by atoms with Crippen LogP contribution in [0, 0.1) is 0 Å². The molecule has 1 aliphatic rings. The molecule has 24 heavy (non-hydrogen) atoms. The minimum Gasteiger partial charge on any atom is -0.299 e. The van der Waals surface area contributed by atoms with Gasteiger partial charge >= 0.3 is 0 Å². The van der Waals surface area contributed by atoms with Crippen LogP contribution < -0.4 is 0 Å². The van der Waals surface area contributed by atoms with Crippen LogP contribution in [0.3, 0.4) is 0 Å². The van der Waals surface area contributed by atoms with Gasteiger partial charge in [-0.1, -0.05) is 54.6 Å². The van der Waals surface area contributed by atoms with E-state index in [-0.39, 0.29) is 0 Å². The van der Waals surface area contributed by atoms with E-state index in [0.717, 1.165) is 12.1 Å². The lowest BCUT2D eigenvalue weighted by atomic mass is 9.95. The maximum atomic E-state index is 4.64. The molecule has 1 aliphatic carbocycles. The maximum Gasteiger partial charge on any atom is 0.145 e. The van der Waals surface area contributed by atoms with E-state index in [1.54, 1.807) is 0 Å². The fraction of sp³-hybridized carbons (Fsp3) is 0.0455. The third-order valence-electron chi connectivity index (χ3n) is 5.27. The fourth-order valence-corrected chi connectivity index (χ4v) is 4.28. The van der Waals surface area contributed by atoms with Crippen molar-refractivity contribution in [3.8, 4) is 11.1 Å². The van der Waals surface area contributed by atoms with Crippen LogP contribution in [0.2, 0.25) is 0 Å². The zero-order valence-corrected chi connectivity index (χ0v) is 13.0. The summed E-state index contributed by atoms with van der Waals surface area (Å²) in [5.74, 6) is 0. The second-order valence-corrected chi connectivity index (χ2v) is 6.49. The minimum atomic E-state index is 1.02. The number of nitrogens with zero attached hydrogens (tertiary/aromatic N) is 2. The highest BCUT2D eigenvalue weighted by molar-refractivity contribution is 6.19. The van der Waals surface area contributed by atoms with E-state index < -0.39 is 0 Å². The number of benzene rings is 3. The van der Waals surface area contributed by atoms with Crippen molar-refractivity contribution in [1.29, 1.82) is 0 Å². The van der Waals surface area contributed by atoms with Gasteiger partial charge in [-0.05, 0) is 34.7 Å². The van der Waals surface area contributed by atoms with E-state index >= 15 is 0 Å². The highest BCUT2D eigenvalue weighted by Gasteiger charge is 2.22. The van der Waals surface area contributed by atoms with E-state index in [1.807, 2.05) is 6.20 Å². The van der Waals surface area contributed by atoms with Crippen molar-refractivity contribution in [2.24, 2.45) is 0 Å². The number of fused-ring (bicyclic) bond motifs is 10. The van der Waals surface area contributed by atoms with Crippen molar-refractivity contribution in [1.82, 2.24) is 9.38 Å². The molecule has 112 valence electrons. The fourth-order valence-electron chi connectivity index (χ4n) is 4.28. The van der Waals surface area contributed by atoms with Crippen molar-refractivity contribution in [2.45, 2.75) is 6.42 Å². The largest absolute Gasteiger partial charge is 0.299 e. The maximum absolute atomic E-state index is 4.64. The standard InChI is InChI=1S/C22H14N2/c1-2-6-16-14(5-1)13-15-9-10-18-21(20(15)16)17-7-3-4-8-19(17)24-12-11-23-22(18)24/h1-12H,13H2. The van der Waals surface area contributed by atoms with Crippen LogP contribution in [0.5, 0.6) is 0 Å². The minimum absolute atomic E-state index is 1.02. The quantitative estimate of drug-likeness (QED) is 0.352. The highest BCUT2D eigenvalue weighted by Crippen LogP contribution is 2.44. The lowest BCUT2D eigenvalue weighted by Gasteiger charge is -2.12. The summed E-state index contributed by atoms with van der Waals surface area (Å²) in [6.07, 6.45) is 4.97. The summed E-state index contributed by atoms with van der Waals surface area (Å²) in [5, 5.41) is 3.87. The van der Waals surface area contributed by atoms with Gasteiger partial charge in [0.2, 0.25) is 0 Å². The molecule has 2 heterocycles. The molecule has 3 aromatic carbocycles. The number of para-hydroxylation sites is 1. The van der Waals surface area contributed by atoms with Crippen molar-refractivity contribution in [2.75, 3.05) is 0 Å². The molecule has 0 unspecified atom stereocenters. The van der Waals surface area contributed by atoms with E-state index in [9.17, 15) is 0 Å². The van der Waals surface area contributed by atoms with Crippen molar-refractivity contribution in [3.05, 3.63) is 84.2 Å². The van der Waals surface area contributed by atoms with Gasteiger partial charge in [0.15, 0.2) is 0 Å². The molecule has 0 aliphatic heterocycles. The zero-order chi connectivity index (χ0) is 15.7. The van der Waals surface area contributed by atoms with E-state index in [1.165, 1.54) is 43.9 Å². The van der Waals surface area contributed by atoms with Crippen molar-refractivity contribution < 1.29 is 0 Å².